The number of hydrogen-bond acceptors (Lipinski definition) is 4. The van der Waals surface area contributed by atoms with Gasteiger partial charge in [0.25, 0.3) is 0 Å². The zero-order valence-corrected chi connectivity index (χ0v) is 8.84. The van der Waals surface area contributed by atoms with E-state index in [1.54, 1.807) is 18.5 Å². The zero-order valence-electron chi connectivity index (χ0n) is 8.84. The first-order valence-corrected chi connectivity index (χ1v) is 5.10. The van der Waals surface area contributed by atoms with E-state index < -0.39 is 0 Å². The van der Waals surface area contributed by atoms with Gasteiger partial charge >= 0.3 is 0 Å². The summed E-state index contributed by atoms with van der Waals surface area (Å²) in [5.41, 5.74) is 6.33. The van der Waals surface area contributed by atoms with Crippen molar-refractivity contribution in [3.63, 3.8) is 0 Å². The number of benzene rings is 1. The first-order valence-electron chi connectivity index (χ1n) is 5.10. The van der Waals surface area contributed by atoms with Gasteiger partial charge in [0, 0.05) is 24.5 Å². The molecule has 2 rings (SSSR count). The van der Waals surface area contributed by atoms with Gasteiger partial charge in [0.1, 0.15) is 12.4 Å². The van der Waals surface area contributed by atoms with E-state index in [9.17, 15) is 0 Å². The minimum Gasteiger partial charge on any atom is -0.492 e. The molecule has 1 aromatic heterocycles. The molecule has 1 aromatic carbocycles. The quantitative estimate of drug-likeness (QED) is 0.839. The van der Waals surface area contributed by atoms with E-state index in [2.05, 4.69) is 9.97 Å². The molecule has 2 aromatic rings. The lowest BCUT2D eigenvalue weighted by Gasteiger charge is -2.04. The number of aromatic nitrogens is 2. The minimum atomic E-state index is 0.517. The lowest BCUT2D eigenvalue weighted by molar-refractivity contribution is 0.328. The maximum absolute atomic E-state index is 5.38. The third-order valence-electron chi connectivity index (χ3n) is 2.06. The van der Waals surface area contributed by atoms with Crippen LogP contribution in [0.25, 0.3) is 11.4 Å². The van der Waals surface area contributed by atoms with Gasteiger partial charge in [-0.25, -0.2) is 9.97 Å². The van der Waals surface area contributed by atoms with Crippen molar-refractivity contribution in [2.24, 2.45) is 5.73 Å². The topological polar surface area (TPSA) is 61.0 Å². The Hall–Kier alpha value is -1.94. The van der Waals surface area contributed by atoms with Crippen molar-refractivity contribution in [3.8, 4) is 17.1 Å². The summed E-state index contributed by atoms with van der Waals surface area (Å²) in [6.07, 6.45) is 3.45. The average molecular weight is 215 g/mol. The lowest BCUT2D eigenvalue weighted by atomic mass is 10.2. The van der Waals surface area contributed by atoms with Crippen LogP contribution in [0.15, 0.2) is 42.7 Å². The first kappa shape index (κ1) is 10.6. The van der Waals surface area contributed by atoms with Crippen molar-refractivity contribution < 1.29 is 4.74 Å². The van der Waals surface area contributed by atoms with Crippen LogP contribution in [0.4, 0.5) is 0 Å². The van der Waals surface area contributed by atoms with Crippen molar-refractivity contribution in [2.45, 2.75) is 0 Å². The second kappa shape index (κ2) is 5.23. The molecule has 0 bridgehead atoms. The van der Waals surface area contributed by atoms with Crippen LogP contribution in [0.2, 0.25) is 0 Å². The molecule has 2 N–H and O–H groups in total. The molecule has 0 unspecified atom stereocenters. The van der Waals surface area contributed by atoms with Crippen molar-refractivity contribution in [3.05, 3.63) is 42.7 Å². The summed E-state index contributed by atoms with van der Waals surface area (Å²) < 4.78 is 5.38. The number of hydrogen-bond donors (Lipinski definition) is 1. The molecule has 0 amide bonds. The lowest BCUT2D eigenvalue weighted by Crippen LogP contribution is -2.10. The molecule has 0 atom stereocenters. The molecule has 16 heavy (non-hydrogen) atoms. The second-order valence-electron chi connectivity index (χ2n) is 3.23. The van der Waals surface area contributed by atoms with E-state index in [1.165, 1.54) is 0 Å². The molecule has 1 heterocycles. The highest BCUT2D eigenvalue weighted by molar-refractivity contribution is 5.55. The van der Waals surface area contributed by atoms with E-state index in [1.807, 2.05) is 24.3 Å². The van der Waals surface area contributed by atoms with Gasteiger partial charge in [0.15, 0.2) is 5.82 Å². The average Bonchev–Trinajstić information content (AvgIpc) is 2.38. The SMILES string of the molecule is NCCOc1ccc(-c2ncccn2)cc1. The predicted molar refractivity (Wildman–Crippen MR) is 62.0 cm³/mol. The van der Waals surface area contributed by atoms with Gasteiger partial charge in [0.2, 0.25) is 0 Å². The van der Waals surface area contributed by atoms with Gasteiger partial charge in [-0.3, -0.25) is 0 Å². The van der Waals surface area contributed by atoms with E-state index in [0.717, 1.165) is 11.3 Å². The van der Waals surface area contributed by atoms with Gasteiger partial charge in [0.05, 0.1) is 0 Å². The summed E-state index contributed by atoms with van der Waals surface area (Å²) in [4.78, 5) is 8.34. The Balaban J connectivity index is 2.13. The fraction of sp³-hybridized carbons (Fsp3) is 0.167. The zero-order chi connectivity index (χ0) is 11.2. The fourth-order valence-electron chi connectivity index (χ4n) is 1.33. The number of nitrogens with two attached hydrogens (primary N) is 1. The number of nitrogens with zero attached hydrogens (tertiary/aromatic N) is 2. The molecule has 0 radical (unpaired) electrons. The van der Waals surface area contributed by atoms with E-state index in [4.69, 9.17) is 10.5 Å². The largest absolute Gasteiger partial charge is 0.492 e. The summed E-state index contributed by atoms with van der Waals surface area (Å²) >= 11 is 0. The van der Waals surface area contributed by atoms with Crippen LogP contribution in [0.1, 0.15) is 0 Å². The van der Waals surface area contributed by atoms with Crippen molar-refractivity contribution in [2.75, 3.05) is 13.2 Å². The Morgan fingerprint density at radius 2 is 1.75 bits per heavy atom. The molecule has 0 spiro atoms. The smallest absolute Gasteiger partial charge is 0.159 e. The van der Waals surface area contributed by atoms with Crippen molar-refractivity contribution >= 4 is 0 Å². The maximum Gasteiger partial charge on any atom is 0.159 e. The molecule has 0 saturated carbocycles. The van der Waals surface area contributed by atoms with E-state index in [0.29, 0.717) is 19.0 Å². The summed E-state index contributed by atoms with van der Waals surface area (Å²) in [7, 11) is 0. The first-order chi connectivity index (χ1) is 7.90. The Labute approximate surface area is 94.1 Å². The van der Waals surface area contributed by atoms with Crippen LogP contribution in [0.5, 0.6) is 5.75 Å². The van der Waals surface area contributed by atoms with E-state index in [-0.39, 0.29) is 0 Å². The van der Waals surface area contributed by atoms with Crippen LogP contribution in [0.3, 0.4) is 0 Å². The summed E-state index contributed by atoms with van der Waals surface area (Å²) in [5.74, 6) is 1.53. The fourth-order valence-corrected chi connectivity index (χ4v) is 1.33. The van der Waals surface area contributed by atoms with Gasteiger partial charge in [-0.2, -0.15) is 0 Å². The third-order valence-corrected chi connectivity index (χ3v) is 2.06. The molecule has 82 valence electrons. The summed E-state index contributed by atoms with van der Waals surface area (Å²) in [5, 5.41) is 0. The van der Waals surface area contributed by atoms with Crippen LogP contribution in [-0.4, -0.2) is 23.1 Å². The highest BCUT2D eigenvalue weighted by atomic mass is 16.5. The minimum absolute atomic E-state index is 0.517. The number of rotatable bonds is 4. The normalized spacial score (nSPS) is 10.1. The van der Waals surface area contributed by atoms with E-state index >= 15 is 0 Å². The Kier molecular flexibility index (Phi) is 3.46. The second-order valence-corrected chi connectivity index (χ2v) is 3.23. The molecular weight excluding hydrogens is 202 g/mol. The Morgan fingerprint density at radius 3 is 2.38 bits per heavy atom. The molecular formula is C12H13N3O. The van der Waals surface area contributed by atoms with Gasteiger partial charge in [-0.15, -0.1) is 0 Å². The molecule has 0 fully saturated rings. The van der Waals surface area contributed by atoms with Crippen LogP contribution < -0.4 is 10.5 Å². The molecule has 0 aliphatic rings. The Bertz CT molecular complexity index is 428. The van der Waals surface area contributed by atoms with Crippen LogP contribution in [0, 0.1) is 0 Å². The molecule has 0 aliphatic carbocycles. The molecule has 0 saturated heterocycles. The van der Waals surface area contributed by atoms with Gasteiger partial charge in [-0.1, -0.05) is 0 Å². The predicted octanol–water partition coefficient (Wildman–Crippen LogP) is 1.48. The summed E-state index contributed by atoms with van der Waals surface area (Å²) in [6.45, 7) is 1.05. The van der Waals surface area contributed by atoms with Crippen LogP contribution >= 0.6 is 0 Å². The monoisotopic (exact) mass is 215 g/mol. The van der Waals surface area contributed by atoms with Gasteiger partial charge < -0.3 is 10.5 Å². The third kappa shape index (κ3) is 2.55. The van der Waals surface area contributed by atoms with Crippen molar-refractivity contribution in [1.29, 1.82) is 0 Å². The van der Waals surface area contributed by atoms with Gasteiger partial charge in [-0.05, 0) is 30.3 Å². The maximum atomic E-state index is 5.38. The highest BCUT2D eigenvalue weighted by Crippen LogP contribution is 2.18. The standard InChI is InChI=1S/C12H13N3O/c13-6-9-16-11-4-2-10(3-5-11)12-14-7-1-8-15-12/h1-5,7-8H,6,9,13H2. The summed E-state index contributed by atoms with van der Waals surface area (Å²) in [6, 6.07) is 9.44. The van der Waals surface area contributed by atoms with Crippen LogP contribution in [-0.2, 0) is 0 Å². The highest BCUT2D eigenvalue weighted by Gasteiger charge is 1.99. The molecule has 4 nitrogen and oxygen atoms in total. The number of ether oxygens (including phenoxy) is 1. The molecule has 0 aliphatic heterocycles. The van der Waals surface area contributed by atoms with Crippen molar-refractivity contribution in [1.82, 2.24) is 9.97 Å². The Morgan fingerprint density at radius 1 is 1.06 bits per heavy atom. The molecule has 4 heteroatoms.